The van der Waals surface area contributed by atoms with Crippen molar-refractivity contribution in [1.82, 2.24) is 14.3 Å². The summed E-state index contributed by atoms with van der Waals surface area (Å²) in [6.45, 7) is 1.71. The highest BCUT2D eigenvalue weighted by Gasteiger charge is 2.22. The lowest BCUT2D eigenvalue weighted by molar-refractivity contribution is 0.102. The zero-order valence-corrected chi connectivity index (χ0v) is 17.7. The van der Waals surface area contributed by atoms with Gasteiger partial charge in [0.1, 0.15) is 10.8 Å². The van der Waals surface area contributed by atoms with Crippen LogP contribution in [0.25, 0.3) is 11.0 Å². The van der Waals surface area contributed by atoms with Crippen LogP contribution >= 0.6 is 11.5 Å². The number of rotatable bonds is 5. The minimum atomic E-state index is -3.50. The van der Waals surface area contributed by atoms with Crippen LogP contribution in [0.3, 0.4) is 0 Å². The smallest absolute Gasteiger partial charge is 0.260 e. The number of anilines is 3. The van der Waals surface area contributed by atoms with Gasteiger partial charge in [-0.1, -0.05) is 24.3 Å². The van der Waals surface area contributed by atoms with E-state index in [1.54, 1.807) is 31.3 Å². The number of nitrogens with one attached hydrogen (secondary N) is 2. The molecule has 2 N–H and O–H groups in total. The molecule has 0 aliphatic heterocycles. The van der Waals surface area contributed by atoms with E-state index < -0.39 is 15.7 Å². The van der Waals surface area contributed by atoms with Crippen LogP contribution in [0.5, 0.6) is 0 Å². The molecule has 0 aliphatic rings. The highest BCUT2D eigenvalue weighted by Crippen LogP contribution is 2.29. The summed E-state index contributed by atoms with van der Waals surface area (Å²) in [5.41, 5.74) is 2.53. The zero-order valence-electron chi connectivity index (χ0n) is 16.1. The summed E-state index contributed by atoms with van der Waals surface area (Å²) in [5, 5.41) is 6.28. The maximum absolute atomic E-state index is 13.0. The Labute approximate surface area is 177 Å². The number of carbonyl (C=O) groups excluding carboxylic acids is 1. The first-order valence-corrected chi connectivity index (χ1v) is 11.5. The topological polar surface area (TPSA) is 114 Å². The van der Waals surface area contributed by atoms with E-state index in [2.05, 4.69) is 25.0 Å². The quantitative estimate of drug-likeness (QED) is 0.486. The lowest BCUT2D eigenvalue weighted by Crippen LogP contribution is -2.16. The lowest BCUT2D eigenvalue weighted by Gasteiger charge is -2.11. The van der Waals surface area contributed by atoms with E-state index in [0.717, 1.165) is 28.8 Å². The number of hydrogen-bond donors (Lipinski definition) is 2. The van der Waals surface area contributed by atoms with Gasteiger partial charge in [0.25, 0.3) is 5.91 Å². The normalized spacial score (nSPS) is 11.4. The third-order valence-electron chi connectivity index (χ3n) is 4.31. The number of aryl methyl sites for hydroxylation is 1. The number of para-hydroxylation sites is 3. The van der Waals surface area contributed by atoms with Gasteiger partial charge in [0, 0.05) is 6.26 Å². The summed E-state index contributed by atoms with van der Waals surface area (Å²) in [4.78, 5) is 21.9. The summed E-state index contributed by atoms with van der Waals surface area (Å²) in [6, 6.07) is 13.7. The maximum atomic E-state index is 13.0. The fourth-order valence-electron chi connectivity index (χ4n) is 2.93. The van der Waals surface area contributed by atoms with Crippen molar-refractivity contribution in [2.75, 3.05) is 16.9 Å². The van der Waals surface area contributed by atoms with Gasteiger partial charge in [-0.05, 0) is 42.7 Å². The second-order valence-corrected chi connectivity index (χ2v) is 9.32. The Bertz CT molecular complexity index is 1370. The van der Waals surface area contributed by atoms with Crippen molar-refractivity contribution in [1.29, 1.82) is 0 Å². The minimum Gasteiger partial charge on any atom is -0.329 e. The molecular weight excluding hydrogens is 422 g/mol. The lowest BCUT2D eigenvalue weighted by atomic mass is 10.2. The van der Waals surface area contributed by atoms with Crippen molar-refractivity contribution in [3.63, 3.8) is 0 Å². The summed E-state index contributed by atoms with van der Waals surface area (Å²) < 4.78 is 28.3. The molecule has 152 valence electrons. The first-order chi connectivity index (χ1) is 14.3. The van der Waals surface area contributed by atoms with Crippen molar-refractivity contribution in [2.24, 2.45) is 0 Å². The Morgan fingerprint density at radius 1 is 1.03 bits per heavy atom. The molecule has 0 saturated carbocycles. The van der Waals surface area contributed by atoms with E-state index in [4.69, 9.17) is 0 Å². The Hall–Kier alpha value is -3.37. The van der Waals surface area contributed by atoms with Crippen LogP contribution in [0.1, 0.15) is 16.1 Å². The number of nitrogens with zero attached hydrogens (tertiary/aromatic N) is 3. The molecule has 1 amide bonds. The van der Waals surface area contributed by atoms with Crippen molar-refractivity contribution in [3.8, 4) is 0 Å². The third kappa shape index (κ3) is 4.00. The van der Waals surface area contributed by atoms with Gasteiger partial charge in [0.15, 0.2) is 9.84 Å². The molecule has 0 unspecified atom stereocenters. The SMILES string of the molecule is Cc1nsc(Nc2cnc3ccccc3n2)c1C(=O)Nc1ccccc1S(C)(=O)=O. The monoisotopic (exact) mass is 439 g/mol. The first kappa shape index (κ1) is 19.9. The zero-order chi connectivity index (χ0) is 21.3. The molecule has 0 bridgehead atoms. The number of fused-ring (bicyclic) bond motifs is 1. The highest BCUT2D eigenvalue weighted by molar-refractivity contribution is 7.90. The van der Waals surface area contributed by atoms with Gasteiger partial charge in [-0.15, -0.1) is 0 Å². The molecule has 0 saturated heterocycles. The fourth-order valence-corrected chi connectivity index (χ4v) is 4.58. The Morgan fingerprint density at radius 2 is 1.73 bits per heavy atom. The Morgan fingerprint density at radius 3 is 2.50 bits per heavy atom. The first-order valence-electron chi connectivity index (χ1n) is 8.88. The molecular formula is C20H17N5O3S2. The maximum Gasteiger partial charge on any atom is 0.260 e. The van der Waals surface area contributed by atoms with Crippen LogP contribution in [-0.2, 0) is 9.84 Å². The predicted molar refractivity (Wildman–Crippen MR) is 117 cm³/mol. The van der Waals surface area contributed by atoms with Crippen LogP contribution in [0.2, 0.25) is 0 Å². The van der Waals surface area contributed by atoms with Gasteiger partial charge < -0.3 is 10.6 Å². The average molecular weight is 440 g/mol. The Kier molecular flexibility index (Phi) is 5.18. The molecule has 0 spiro atoms. The average Bonchev–Trinajstić information content (AvgIpc) is 3.07. The van der Waals surface area contributed by atoms with Gasteiger partial charge in [0.05, 0.1) is 39.1 Å². The molecule has 4 aromatic rings. The molecule has 4 rings (SSSR count). The van der Waals surface area contributed by atoms with Crippen molar-refractivity contribution in [2.45, 2.75) is 11.8 Å². The summed E-state index contributed by atoms with van der Waals surface area (Å²) >= 11 is 1.12. The molecule has 0 radical (unpaired) electrons. The molecule has 30 heavy (non-hydrogen) atoms. The van der Waals surface area contributed by atoms with Crippen LogP contribution in [0.15, 0.2) is 59.6 Å². The van der Waals surface area contributed by atoms with Crippen LogP contribution in [-0.4, -0.2) is 34.9 Å². The highest BCUT2D eigenvalue weighted by atomic mass is 32.2. The summed E-state index contributed by atoms with van der Waals surface area (Å²) in [6.07, 6.45) is 2.68. The van der Waals surface area contributed by atoms with Gasteiger partial charge in [0.2, 0.25) is 0 Å². The number of sulfone groups is 1. The molecule has 2 aromatic heterocycles. The van der Waals surface area contributed by atoms with Crippen LogP contribution in [0, 0.1) is 6.92 Å². The summed E-state index contributed by atoms with van der Waals surface area (Å²) in [5.74, 6) is 0.0107. The second kappa shape index (κ2) is 7.81. The summed E-state index contributed by atoms with van der Waals surface area (Å²) in [7, 11) is -3.50. The Balaban J connectivity index is 1.65. The molecule has 0 atom stereocenters. The van der Waals surface area contributed by atoms with Gasteiger partial charge in [-0.25, -0.2) is 13.4 Å². The van der Waals surface area contributed by atoms with E-state index in [1.807, 2.05) is 24.3 Å². The number of benzene rings is 2. The van der Waals surface area contributed by atoms with Gasteiger partial charge in [-0.2, -0.15) is 4.37 Å². The van der Waals surface area contributed by atoms with Gasteiger partial charge in [-0.3, -0.25) is 9.78 Å². The minimum absolute atomic E-state index is 0.0501. The van der Waals surface area contributed by atoms with E-state index >= 15 is 0 Å². The third-order valence-corrected chi connectivity index (χ3v) is 6.32. The molecule has 2 heterocycles. The standard InChI is InChI=1S/C20H17N5O3S2/c1-12-18(19(26)23-15-9-5-6-10-16(15)30(2,27)28)20(29-25-12)24-17-11-21-13-7-3-4-8-14(13)22-17/h3-11H,1-2H3,(H,22,24)(H,23,26). The van der Waals surface area contributed by atoms with E-state index in [0.29, 0.717) is 22.1 Å². The van der Waals surface area contributed by atoms with Crippen molar-refractivity contribution in [3.05, 3.63) is 66.0 Å². The van der Waals surface area contributed by atoms with E-state index in [9.17, 15) is 13.2 Å². The van der Waals surface area contributed by atoms with E-state index in [1.165, 1.54) is 6.07 Å². The number of hydrogen-bond acceptors (Lipinski definition) is 8. The largest absolute Gasteiger partial charge is 0.329 e. The van der Waals surface area contributed by atoms with Gasteiger partial charge >= 0.3 is 0 Å². The number of amides is 1. The molecule has 10 heteroatoms. The number of carbonyl (C=O) groups is 1. The van der Waals surface area contributed by atoms with Crippen molar-refractivity contribution < 1.29 is 13.2 Å². The molecule has 0 aliphatic carbocycles. The van der Waals surface area contributed by atoms with Crippen LogP contribution < -0.4 is 10.6 Å². The second-order valence-electron chi connectivity index (χ2n) is 6.56. The molecule has 0 fully saturated rings. The molecule has 8 nitrogen and oxygen atoms in total. The van der Waals surface area contributed by atoms with E-state index in [-0.39, 0.29) is 10.6 Å². The number of aromatic nitrogens is 3. The fraction of sp³-hybridized carbons (Fsp3) is 0.100. The predicted octanol–water partition coefficient (Wildman–Crippen LogP) is 3.79. The molecule has 2 aromatic carbocycles. The van der Waals surface area contributed by atoms with Crippen LogP contribution in [0.4, 0.5) is 16.5 Å². The van der Waals surface area contributed by atoms with Crippen molar-refractivity contribution >= 4 is 54.8 Å².